The lowest BCUT2D eigenvalue weighted by atomic mass is 10.2. The van der Waals surface area contributed by atoms with Gasteiger partial charge in [-0.2, -0.15) is 4.98 Å². The Hall–Kier alpha value is -3.59. The molecule has 1 aliphatic heterocycles. The topological polar surface area (TPSA) is 108 Å². The predicted molar refractivity (Wildman–Crippen MR) is 110 cm³/mol. The third kappa shape index (κ3) is 3.25. The average molecular weight is 388 g/mol. The Bertz CT molecular complexity index is 1170. The van der Waals surface area contributed by atoms with Gasteiger partial charge in [0.05, 0.1) is 25.6 Å². The van der Waals surface area contributed by atoms with Crippen molar-refractivity contribution in [2.24, 2.45) is 0 Å². The first kappa shape index (κ1) is 17.5. The number of hydrogen-bond acceptors (Lipinski definition) is 8. The van der Waals surface area contributed by atoms with Gasteiger partial charge in [0, 0.05) is 18.8 Å². The first-order chi connectivity index (χ1) is 14.2. The SMILES string of the molecule is Cc1cccc(-n2cnc3c(-c4cnc(N)cn4)nc(N4CCOCC4)nc32)c1. The minimum absolute atomic E-state index is 0.359. The molecule has 0 radical (unpaired) electrons. The highest BCUT2D eigenvalue weighted by Gasteiger charge is 2.21. The molecule has 0 aliphatic carbocycles. The molecule has 0 amide bonds. The second-order valence-corrected chi connectivity index (χ2v) is 6.92. The monoisotopic (exact) mass is 388 g/mol. The van der Waals surface area contributed by atoms with Crippen LogP contribution in [0.15, 0.2) is 43.0 Å². The van der Waals surface area contributed by atoms with Crippen LogP contribution in [0.4, 0.5) is 11.8 Å². The van der Waals surface area contributed by atoms with Gasteiger partial charge in [-0.15, -0.1) is 0 Å². The largest absolute Gasteiger partial charge is 0.382 e. The number of morpholine rings is 1. The van der Waals surface area contributed by atoms with Crippen molar-refractivity contribution in [1.82, 2.24) is 29.5 Å². The number of nitrogens with two attached hydrogens (primary N) is 1. The van der Waals surface area contributed by atoms with E-state index in [0.717, 1.165) is 30.0 Å². The normalized spacial score (nSPS) is 14.4. The Morgan fingerprint density at radius 1 is 1.03 bits per heavy atom. The molecule has 2 N–H and O–H groups in total. The number of nitrogens with zero attached hydrogens (tertiary/aromatic N) is 7. The second-order valence-electron chi connectivity index (χ2n) is 6.92. The van der Waals surface area contributed by atoms with Crippen LogP contribution in [-0.2, 0) is 4.74 Å². The maximum absolute atomic E-state index is 5.71. The molecular formula is C20H20N8O. The Kier molecular flexibility index (Phi) is 4.28. The quantitative estimate of drug-likeness (QED) is 0.568. The fraction of sp³-hybridized carbons (Fsp3) is 0.250. The summed E-state index contributed by atoms with van der Waals surface area (Å²) in [7, 11) is 0. The molecule has 146 valence electrons. The number of nitrogen functional groups attached to an aromatic ring is 1. The van der Waals surface area contributed by atoms with Crippen molar-refractivity contribution >= 4 is 22.9 Å². The summed E-state index contributed by atoms with van der Waals surface area (Å²) in [5.74, 6) is 0.988. The van der Waals surface area contributed by atoms with Gasteiger partial charge in [-0.1, -0.05) is 12.1 Å². The summed E-state index contributed by atoms with van der Waals surface area (Å²) < 4.78 is 7.45. The van der Waals surface area contributed by atoms with Gasteiger partial charge in [0.25, 0.3) is 0 Å². The smallest absolute Gasteiger partial charge is 0.228 e. The first-order valence-electron chi connectivity index (χ1n) is 9.42. The molecule has 4 aromatic rings. The van der Waals surface area contributed by atoms with Gasteiger partial charge in [-0.25, -0.2) is 19.9 Å². The molecule has 1 fully saturated rings. The maximum atomic E-state index is 5.71. The minimum Gasteiger partial charge on any atom is -0.382 e. The summed E-state index contributed by atoms with van der Waals surface area (Å²) in [6, 6.07) is 8.22. The molecule has 1 saturated heterocycles. The van der Waals surface area contributed by atoms with E-state index in [9.17, 15) is 0 Å². The lowest BCUT2D eigenvalue weighted by Gasteiger charge is -2.27. The Labute approximate surface area is 167 Å². The van der Waals surface area contributed by atoms with Gasteiger partial charge in [-0.05, 0) is 24.6 Å². The molecule has 0 spiro atoms. The molecule has 9 heteroatoms. The van der Waals surface area contributed by atoms with Gasteiger partial charge in [0.15, 0.2) is 5.65 Å². The number of hydrogen-bond donors (Lipinski definition) is 1. The fourth-order valence-electron chi connectivity index (χ4n) is 3.40. The van der Waals surface area contributed by atoms with Crippen LogP contribution < -0.4 is 10.6 Å². The number of imidazole rings is 1. The van der Waals surface area contributed by atoms with E-state index in [-0.39, 0.29) is 0 Å². The molecule has 5 rings (SSSR count). The second kappa shape index (κ2) is 7.10. The third-order valence-electron chi connectivity index (χ3n) is 4.87. The summed E-state index contributed by atoms with van der Waals surface area (Å²) in [4.78, 5) is 24.9. The predicted octanol–water partition coefficient (Wildman–Crippen LogP) is 2.00. The van der Waals surface area contributed by atoms with E-state index in [0.29, 0.717) is 41.9 Å². The van der Waals surface area contributed by atoms with Crippen molar-refractivity contribution in [1.29, 1.82) is 0 Å². The lowest BCUT2D eigenvalue weighted by molar-refractivity contribution is 0.122. The summed E-state index contributed by atoms with van der Waals surface area (Å²) in [6.45, 7) is 4.82. The van der Waals surface area contributed by atoms with Crippen molar-refractivity contribution in [2.45, 2.75) is 6.92 Å². The maximum Gasteiger partial charge on any atom is 0.228 e. The van der Waals surface area contributed by atoms with Crippen molar-refractivity contribution in [3.63, 3.8) is 0 Å². The van der Waals surface area contributed by atoms with Crippen LogP contribution in [0.5, 0.6) is 0 Å². The Balaban J connectivity index is 1.73. The van der Waals surface area contributed by atoms with E-state index in [4.69, 9.17) is 20.4 Å². The van der Waals surface area contributed by atoms with E-state index in [1.165, 1.54) is 6.20 Å². The van der Waals surface area contributed by atoms with Crippen molar-refractivity contribution in [3.05, 3.63) is 48.5 Å². The summed E-state index contributed by atoms with van der Waals surface area (Å²) >= 11 is 0. The number of ether oxygens (including phenoxy) is 1. The standard InChI is InChI=1S/C20H20N8O/c1-13-3-2-4-14(9-13)28-12-24-18-17(15-10-23-16(21)11-22-15)25-20(26-19(18)28)27-5-7-29-8-6-27/h2-4,9-12H,5-8H2,1H3,(H2,21,23). The highest BCUT2D eigenvalue weighted by atomic mass is 16.5. The van der Waals surface area contributed by atoms with Gasteiger partial charge >= 0.3 is 0 Å². The number of rotatable bonds is 3. The van der Waals surface area contributed by atoms with Crippen LogP contribution in [0.1, 0.15) is 5.56 Å². The molecule has 4 heterocycles. The molecule has 0 bridgehead atoms. The van der Waals surface area contributed by atoms with Crippen molar-refractivity contribution < 1.29 is 4.74 Å². The number of benzene rings is 1. The number of fused-ring (bicyclic) bond motifs is 1. The van der Waals surface area contributed by atoms with Crippen LogP contribution in [-0.4, -0.2) is 55.8 Å². The first-order valence-corrected chi connectivity index (χ1v) is 9.42. The van der Waals surface area contributed by atoms with Crippen LogP contribution in [0.2, 0.25) is 0 Å². The molecule has 3 aromatic heterocycles. The zero-order chi connectivity index (χ0) is 19.8. The molecule has 1 aromatic carbocycles. The Morgan fingerprint density at radius 3 is 2.66 bits per heavy atom. The fourth-order valence-corrected chi connectivity index (χ4v) is 3.40. The zero-order valence-electron chi connectivity index (χ0n) is 16.0. The van der Waals surface area contributed by atoms with Gasteiger partial charge in [0.1, 0.15) is 29.0 Å². The summed E-state index contributed by atoms with van der Waals surface area (Å²) in [5.41, 5.74) is 10.5. The van der Waals surface area contributed by atoms with Crippen LogP contribution in [0, 0.1) is 6.92 Å². The number of aromatic nitrogens is 6. The molecular weight excluding hydrogens is 368 g/mol. The molecule has 9 nitrogen and oxygen atoms in total. The summed E-state index contributed by atoms with van der Waals surface area (Å²) in [6.07, 6.45) is 4.91. The molecule has 29 heavy (non-hydrogen) atoms. The molecule has 0 unspecified atom stereocenters. The lowest BCUT2D eigenvalue weighted by Crippen LogP contribution is -2.37. The Morgan fingerprint density at radius 2 is 1.90 bits per heavy atom. The van der Waals surface area contributed by atoms with E-state index in [2.05, 4.69) is 38.9 Å². The molecule has 1 aliphatic rings. The minimum atomic E-state index is 0.359. The summed E-state index contributed by atoms with van der Waals surface area (Å²) in [5, 5.41) is 0. The highest BCUT2D eigenvalue weighted by molar-refractivity contribution is 5.88. The van der Waals surface area contributed by atoms with Crippen LogP contribution >= 0.6 is 0 Å². The van der Waals surface area contributed by atoms with Crippen LogP contribution in [0.3, 0.4) is 0 Å². The highest BCUT2D eigenvalue weighted by Crippen LogP contribution is 2.28. The van der Waals surface area contributed by atoms with E-state index < -0.39 is 0 Å². The van der Waals surface area contributed by atoms with Gasteiger partial charge in [0.2, 0.25) is 5.95 Å². The zero-order valence-corrected chi connectivity index (χ0v) is 16.0. The molecule has 0 saturated carbocycles. The van der Waals surface area contributed by atoms with Crippen molar-refractivity contribution in [2.75, 3.05) is 36.9 Å². The van der Waals surface area contributed by atoms with E-state index >= 15 is 0 Å². The van der Waals surface area contributed by atoms with Crippen molar-refractivity contribution in [3.8, 4) is 17.1 Å². The number of aryl methyl sites for hydroxylation is 1. The third-order valence-corrected chi connectivity index (χ3v) is 4.87. The average Bonchev–Trinajstić information content (AvgIpc) is 3.18. The van der Waals surface area contributed by atoms with E-state index in [1.807, 2.05) is 16.7 Å². The van der Waals surface area contributed by atoms with Crippen LogP contribution in [0.25, 0.3) is 28.2 Å². The molecule has 0 atom stereocenters. The number of anilines is 2. The van der Waals surface area contributed by atoms with E-state index in [1.54, 1.807) is 12.5 Å². The van der Waals surface area contributed by atoms with Gasteiger partial charge in [-0.3, -0.25) is 4.57 Å². The van der Waals surface area contributed by atoms with Gasteiger partial charge < -0.3 is 15.4 Å².